The van der Waals surface area contributed by atoms with Crippen LogP contribution in [0.4, 0.5) is 0 Å². The summed E-state index contributed by atoms with van der Waals surface area (Å²) in [5.74, 6) is 0. The van der Waals surface area contributed by atoms with Gasteiger partial charge in [0.05, 0.1) is 0 Å². The van der Waals surface area contributed by atoms with E-state index in [1.165, 1.54) is 41.6 Å². The van der Waals surface area contributed by atoms with Crippen LogP contribution in [0.1, 0.15) is 35.1 Å². The zero-order valence-corrected chi connectivity index (χ0v) is 13.1. The van der Waals surface area contributed by atoms with Crippen molar-refractivity contribution >= 4 is 0 Å². The van der Waals surface area contributed by atoms with Gasteiger partial charge in [-0.05, 0) is 75.4 Å². The van der Waals surface area contributed by atoms with Gasteiger partial charge in [0.25, 0.3) is 0 Å². The van der Waals surface area contributed by atoms with Gasteiger partial charge in [-0.2, -0.15) is 0 Å². The zero-order valence-electron chi connectivity index (χ0n) is 13.1. The standard InChI is InChI=1S/C17H28N2/c1-13-6-7-16(15(3)14(13)2)10-19(5)12-17(8-9-17)11-18-4/h6-7,18H,8-12H2,1-5H3. The lowest BCUT2D eigenvalue weighted by atomic mass is 9.98. The molecule has 1 aliphatic rings. The molecule has 0 spiro atoms. The first-order chi connectivity index (χ1) is 8.97. The maximum atomic E-state index is 3.34. The molecule has 2 rings (SSSR count). The second-order valence-electron chi connectivity index (χ2n) is 6.49. The normalized spacial score (nSPS) is 16.9. The SMILES string of the molecule is CNCC1(CN(C)Cc2ccc(C)c(C)c2C)CC1. The van der Waals surface area contributed by atoms with E-state index in [2.05, 4.69) is 57.2 Å². The number of hydrogen-bond donors (Lipinski definition) is 1. The summed E-state index contributed by atoms with van der Waals surface area (Å²) < 4.78 is 0. The second kappa shape index (κ2) is 5.64. The summed E-state index contributed by atoms with van der Waals surface area (Å²) in [6.07, 6.45) is 2.76. The molecule has 1 aromatic carbocycles. The average molecular weight is 260 g/mol. The molecule has 0 aromatic heterocycles. The minimum absolute atomic E-state index is 0.553. The highest BCUT2D eigenvalue weighted by Gasteiger charge is 2.42. The van der Waals surface area contributed by atoms with Crippen LogP contribution < -0.4 is 5.32 Å². The van der Waals surface area contributed by atoms with E-state index < -0.39 is 0 Å². The molecule has 2 nitrogen and oxygen atoms in total. The van der Waals surface area contributed by atoms with Crippen LogP contribution in [-0.2, 0) is 6.54 Å². The Labute approximate surface area is 118 Å². The Morgan fingerprint density at radius 2 is 1.84 bits per heavy atom. The summed E-state index contributed by atoms with van der Waals surface area (Å²) in [4.78, 5) is 2.49. The average Bonchev–Trinajstić information content (AvgIpc) is 3.10. The molecule has 19 heavy (non-hydrogen) atoms. The van der Waals surface area contributed by atoms with Crippen molar-refractivity contribution in [3.05, 3.63) is 34.4 Å². The number of rotatable bonds is 6. The topological polar surface area (TPSA) is 15.3 Å². The molecule has 106 valence electrons. The van der Waals surface area contributed by atoms with Crippen LogP contribution in [-0.4, -0.2) is 32.1 Å². The maximum absolute atomic E-state index is 3.34. The molecule has 0 radical (unpaired) electrons. The minimum Gasteiger partial charge on any atom is -0.319 e. The predicted octanol–water partition coefficient (Wildman–Crippen LogP) is 3.04. The summed E-state index contributed by atoms with van der Waals surface area (Å²) in [5, 5.41) is 3.34. The molecule has 0 atom stereocenters. The summed E-state index contributed by atoms with van der Waals surface area (Å²) in [5.41, 5.74) is 6.34. The first-order valence-corrected chi connectivity index (χ1v) is 7.36. The highest BCUT2D eigenvalue weighted by Crippen LogP contribution is 2.45. The van der Waals surface area contributed by atoms with Crippen LogP contribution in [0.3, 0.4) is 0 Å². The van der Waals surface area contributed by atoms with Gasteiger partial charge in [0, 0.05) is 19.6 Å². The van der Waals surface area contributed by atoms with Gasteiger partial charge in [-0.1, -0.05) is 12.1 Å². The number of aryl methyl sites for hydroxylation is 1. The third-order valence-corrected chi connectivity index (χ3v) is 4.72. The molecule has 2 heteroatoms. The molecular formula is C17H28N2. The van der Waals surface area contributed by atoms with Gasteiger partial charge < -0.3 is 10.2 Å². The summed E-state index contributed by atoms with van der Waals surface area (Å²) in [6, 6.07) is 4.55. The highest BCUT2D eigenvalue weighted by atomic mass is 15.1. The summed E-state index contributed by atoms with van der Waals surface area (Å²) in [7, 11) is 4.32. The van der Waals surface area contributed by atoms with Gasteiger partial charge in [-0.25, -0.2) is 0 Å². The third-order valence-electron chi connectivity index (χ3n) is 4.72. The quantitative estimate of drug-likeness (QED) is 0.846. The third kappa shape index (κ3) is 3.37. The second-order valence-corrected chi connectivity index (χ2v) is 6.49. The monoisotopic (exact) mass is 260 g/mol. The van der Waals surface area contributed by atoms with Crippen LogP contribution >= 0.6 is 0 Å². The van der Waals surface area contributed by atoms with Crippen LogP contribution in [0, 0.1) is 26.2 Å². The number of benzene rings is 1. The zero-order chi connectivity index (χ0) is 14.0. The van der Waals surface area contributed by atoms with Gasteiger partial charge in [-0.3, -0.25) is 0 Å². The Balaban J connectivity index is 1.99. The number of hydrogen-bond acceptors (Lipinski definition) is 2. The van der Waals surface area contributed by atoms with Crippen LogP contribution in [0.15, 0.2) is 12.1 Å². The Hall–Kier alpha value is -0.860. The molecule has 0 amide bonds. The van der Waals surface area contributed by atoms with Crippen molar-refractivity contribution in [3.8, 4) is 0 Å². The fourth-order valence-electron chi connectivity index (χ4n) is 3.05. The van der Waals surface area contributed by atoms with E-state index in [4.69, 9.17) is 0 Å². The van der Waals surface area contributed by atoms with E-state index in [1.807, 2.05) is 0 Å². The molecular weight excluding hydrogens is 232 g/mol. The molecule has 1 saturated carbocycles. The summed E-state index contributed by atoms with van der Waals surface area (Å²) >= 11 is 0. The van der Waals surface area contributed by atoms with Crippen molar-refractivity contribution in [2.45, 2.75) is 40.2 Å². The van der Waals surface area contributed by atoms with Crippen molar-refractivity contribution in [1.82, 2.24) is 10.2 Å². The largest absolute Gasteiger partial charge is 0.319 e. The van der Waals surface area contributed by atoms with Gasteiger partial charge in [0.1, 0.15) is 0 Å². The van der Waals surface area contributed by atoms with E-state index in [-0.39, 0.29) is 0 Å². The first-order valence-electron chi connectivity index (χ1n) is 7.36. The molecule has 0 aliphatic heterocycles. The predicted molar refractivity (Wildman–Crippen MR) is 82.6 cm³/mol. The lowest BCUT2D eigenvalue weighted by Crippen LogP contribution is -2.32. The Morgan fingerprint density at radius 3 is 2.42 bits per heavy atom. The maximum Gasteiger partial charge on any atom is 0.0233 e. The molecule has 0 heterocycles. The van der Waals surface area contributed by atoms with Gasteiger partial charge in [0.15, 0.2) is 0 Å². The van der Waals surface area contributed by atoms with Crippen molar-refractivity contribution < 1.29 is 0 Å². The molecule has 0 unspecified atom stereocenters. The van der Waals surface area contributed by atoms with E-state index in [0.717, 1.165) is 13.1 Å². The van der Waals surface area contributed by atoms with Crippen molar-refractivity contribution in [2.24, 2.45) is 5.41 Å². The summed E-state index contributed by atoms with van der Waals surface area (Å²) in [6.45, 7) is 10.1. The van der Waals surface area contributed by atoms with E-state index in [0.29, 0.717) is 5.41 Å². The Bertz CT molecular complexity index is 447. The van der Waals surface area contributed by atoms with E-state index in [1.54, 1.807) is 0 Å². The lowest BCUT2D eigenvalue weighted by molar-refractivity contribution is 0.252. The van der Waals surface area contributed by atoms with Gasteiger partial charge in [0.2, 0.25) is 0 Å². The highest BCUT2D eigenvalue weighted by molar-refractivity contribution is 5.38. The van der Waals surface area contributed by atoms with Crippen LogP contribution in [0.25, 0.3) is 0 Å². The number of nitrogens with zero attached hydrogens (tertiary/aromatic N) is 1. The fourth-order valence-corrected chi connectivity index (χ4v) is 3.05. The minimum atomic E-state index is 0.553. The molecule has 1 N–H and O–H groups in total. The van der Waals surface area contributed by atoms with Crippen molar-refractivity contribution in [1.29, 1.82) is 0 Å². The fraction of sp³-hybridized carbons (Fsp3) is 0.647. The molecule has 0 saturated heterocycles. The van der Waals surface area contributed by atoms with Crippen LogP contribution in [0.5, 0.6) is 0 Å². The van der Waals surface area contributed by atoms with Gasteiger partial charge in [-0.15, -0.1) is 0 Å². The molecule has 1 aliphatic carbocycles. The molecule has 0 bridgehead atoms. The molecule has 1 fully saturated rings. The lowest BCUT2D eigenvalue weighted by Gasteiger charge is -2.25. The first kappa shape index (κ1) is 14.5. The van der Waals surface area contributed by atoms with E-state index >= 15 is 0 Å². The van der Waals surface area contributed by atoms with Crippen molar-refractivity contribution in [2.75, 3.05) is 27.2 Å². The van der Waals surface area contributed by atoms with Crippen LogP contribution in [0.2, 0.25) is 0 Å². The van der Waals surface area contributed by atoms with Gasteiger partial charge >= 0.3 is 0 Å². The Morgan fingerprint density at radius 1 is 1.16 bits per heavy atom. The Kier molecular flexibility index (Phi) is 4.32. The van der Waals surface area contributed by atoms with Crippen molar-refractivity contribution in [3.63, 3.8) is 0 Å². The van der Waals surface area contributed by atoms with E-state index in [9.17, 15) is 0 Å². The molecule has 1 aromatic rings. The number of nitrogens with one attached hydrogen (secondary N) is 1. The smallest absolute Gasteiger partial charge is 0.0233 e.